The molecule has 140 valence electrons. The van der Waals surface area contributed by atoms with Crippen molar-refractivity contribution in [3.8, 4) is 5.75 Å². The highest BCUT2D eigenvalue weighted by molar-refractivity contribution is 8.18. The second kappa shape index (κ2) is 7.61. The van der Waals surface area contributed by atoms with Gasteiger partial charge in [0.2, 0.25) is 0 Å². The molecule has 27 heavy (non-hydrogen) atoms. The standard InChI is InChI=1S/C22H24N2O2S/c1-14-6-11-18(26-5)17(12-14)23-21-24-20(25)19(27-21)13-15-7-9-16(10-8-15)22(2,3)4/h6-13H,1-5H3,(H,23,24,25)/b19-13-. The number of nitrogens with one attached hydrogen (secondary N) is 1. The Morgan fingerprint density at radius 2 is 1.81 bits per heavy atom. The average molecular weight is 381 g/mol. The van der Waals surface area contributed by atoms with Gasteiger partial charge in [-0.15, -0.1) is 0 Å². The minimum absolute atomic E-state index is 0.109. The lowest BCUT2D eigenvalue weighted by Crippen LogP contribution is -2.19. The Morgan fingerprint density at radius 1 is 1.11 bits per heavy atom. The van der Waals surface area contributed by atoms with E-state index in [4.69, 9.17) is 4.74 Å². The lowest BCUT2D eigenvalue weighted by atomic mass is 9.87. The van der Waals surface area contributed by atoms with Gasteiger partial charge in [-0.2, -0.15) is 0 Å². The molecule has 5 heteroatoms. The first kappa shape index (κ1) is 19.2. The monoisotopic (exact) mass is 380 g/mol. The molecule has 2 aromatic rings. The first-order valence-corrected chi connectivity index (χ1v) is 9.63. The molecule has 0 unspecified atom stereocenters. The van der Waals surface area contributed by atoms with E-state index in [1.807, 2.05) is 43.3 Å². The number of thioether (sulfide) groups is 1. The third-order valence-electron chi connectivity index (χ3n) is 4.28. The zero-order valence-corrected chi connectivity index (χ0v) is 17.1. The Hall–Kier alpha value is -2.53. The maximum atomic E-state index is 12.3. The number of benzene rings is 2. The molecular formula is C22H24N2O2S. The molecule has 1 fully saturated rings. The van der Waals surface area contributed by atoms with Crippen molar-refractivity contribution >= 4 is 34.6 Å². The topological polar surface area (TPSA) is 50.7 Å². The van der Waals surface area contributed by atoms with E-state index in [1.54, 1.807) is 7.11 Å². The third-order valence-corrected chi connectivity index (χ3v) is 5.19. The van der Waals surface area contributed by atoms with Crippen LogP contribution in [-0.2, 0) is 10.2 Å². The van der Waals surface area contributed by atoms with Gasteiger partial charge in [-0.3, -0.25) is 4.79 Å². The van der Waals surface area contributed by atoms with Gasteiger partial charge in [0.1, 0.15) is 11.4 Å². The number of carbonyl (C=O) groups is 1. The molecule has 1 saturated heterocycles. The summed E-state index contributed by atoms with van der Waals surface area (Å²) in [6.45, 7) is 8.55. The number of nitrogens with zero attached hydrogens (tertiary/aromatic N) is 1. The number of amides is 1. The van der Waals surface area contributed by atoms with E-state index in [9.17, 15) is 4.79 Å². The zero-order valence-electron chi connectivity index (χ0n) is 16.3. The van der Waals surface area contributed by atoms with Crippen LogP contribution in [0, 0.1) is 6.92 Å². The molecule has 0 aromatic heterocycles. The fourth-order valence-electron chi connectivity index (χ4n) is 2.71. The van der Waals surface area contributed by atoms with Crippen molar-refractivity contribution in [3.63, 3.8) is 0 Å². The summed E-state index contributed by atoms with van der Waals surface area (Å²) in [5.41, 5.74) is 4.16. The molecule has 1 aliphatic rings. The van der Waals surface area contributed by atoms with Gasteiger partial charge < -0.3 is 10.1 Å². The molecule has 1 aliphatic heterocycles. The number of aryl methyl sites for hydroxylation is 1. The van der Waals surface area contributed by atoms with Gasteiger partial charge >= 0.3 is 0 Å². The molecule has 2 aromatic carbocycles. The van der Waals surface area contributed by atoms with E-state index < -0.39 is 0 Å². The maximum absolute atomic E-state index is 12.3. The largest absolute Gasteiger partial charge is 0.494 e. The summed E-state index contributed by atoms with van der Waals surface area (Å²) < 4.78 is 5.35. The highest BCUT2D eigenvalue weighted by atomic mass is 32.2. The maximum Gasteiger partial charge on any atom is 0.264 e. The van der Waals surface area contributed by atoms with E-state index in [0.717, 1.165) is 11.1 Å². The lowest BCUT2D eigenvalue weighted by molar-refractivity contribution is -0.115. The molecule has 4 nitrogen and oxygen atoms in total. The minimum atomic E-state index is -0.134. The molecule has 1 N–H and O–H groups in total. The van der Waals surface area contributed by atoms with Crippen molar-refractivity contribution in [1.29, 1.82) is 0 Å². The van der Waals surface area contributed by atoms with Gasteiger partial charge in [-0.25, -0.2) is 4.99 Å². The zero-order chi connectivity index (χ0) is 19.6. The molecule has 1 amide bonds. The van der Waals surface area contributed by atoms with E-state index in [2.05, 4.69) is 43.2 Å². The fraction of sp³-hybridized carbons (Fsp3) is 0.273. The van der Waals surface area contributed by atoms with Crippen LogP contribution in [0.25, 0.3) is 6.08 Å². The van der Waals surface area contributed by atoms with Crippen LogP contribution in [0.3, 0.4) is 0 Å². The van der Waals surface area contributed by atoms with Gasteiger partial charge in [-0.05, 0) is 59.0 Å². The predicted molar refractivity (Wildman–Crippen MR) is 114 cm³/mol. The molecule has 0 spiro atoms. The van der Waals surface area contributed by atoms with Crippen LogP contribution in [0.5, 0.6) is 5.75 Å². The number of hydrogen-bond acceptors (Lipinski definition) is 4. The summed E-state index contributed by atoms with van der Waals surface area (Å²) in [5, 5.41) is 3.39. The number of carbonyl (C=O) groups excluding carboxylic acids is 1. The van der Waals surface area contributed by atoms with E-state index in [1.165, 1.54) is 17.3 Å². The SMILES string of the molecule is COc1ccc(C)cc1N=C1NC(=O)/C(=C/c2ccc(C(C)(C)C)cc2)S1. The van der Waals surface area contributed by atoms with Crippen LogP contribution in [0.15, 0.2) is 52.4 Å². The molecule has 0 radical (unpaired) electrons. The number of ether oxygens (including phenoxy) is 1. The van der Waals surface area contributed by atoms with Crippen molar-refractivity contribution < 1.29 is 9.53 Å². The first-order valence-electron chi connectivity index (χ1n) is 8.81. The van der Waals surface area contributed by atoms with Crippen LogP contribution >= 0.6 is 11.8 Å². The number of amidine groups is 1. The van der Waals surface area contributed by atoms with Crippen molar-refractivity contribution in [1.82, 2.24) is 5.32 Å². The Kier molecular flexibility index (Phi) is 5.42. The van der Waals surface area contributed by atoms with Crippen LogP contribution in [0.1, 0.15) is 37.5 Å². The summed E-state index contributed by atoms with van der Waals surface area (Å²) in [6.07, 6.45) is 1.89. The first-order chi connectivity index (χ1) is 12.8. The summed E-state index contributed by atoms with van der Waals surface area (Å²) in [6, 6.07) is 14.1. The van der Waals surface area contributed by atoms with Gasteiger partial charge in [-0.1, -0.05) is 51.1 Å². The van der Waals surface area contributed by atoms with Crippen molar-refractivity contribution in [2.24, 2.45) is 4.99 Å². The van der Waals surface area contributed by atoms with E-state index >= 15 is 0 Å². The molecule has 0 aliphatic carbocycles. The Morgan fingerprint density at radius 3 is 2.44 bits per heavy atom. The molecule has 3 rings (SSSR count). The lowest BCUT2D eigenvalue weighted by Gasteiger charge is -2.18. The fourth-order valence-corrected chi connectivity index (χ4v) is 3.54. The van der Waals surface area contributed by atoms with Gasteiger partial charge in [0.15, 0.2) is 5.17 Å². The molecular weight excluding hydrogens is 356 g/mol. The van der Waals surface area contributed by atoms with Gasteiger partial charge in [0.25, 0.3) is 5.91 Å². The number of aliphatic imine (C=N–C) groups is 1. The number of hydrogen-bond donors (Lipinski definition) is 1. The predicted octanol–water partition coefficient (Wildman–Crippen LogP) is 5.19. The second-order valence-electron chi connectivity index (χ2n) is 7.53. The van der Waals surface area contributed by atoms with Gasteiger partial charge in [0, 0.05) is 0 Å². The highest BCUT2D eigenvalue weighted by Crippen LogP contribution is 2.33. The van der Waals surface area contributed by atoms with E-state index in [0.29, 0.717) is 21.5 Å². The third kappa shape index (κ3) is 4.61. The summed E-state index contributed by atoms with van der Waals surface area (Å²) in [7, 11) is 1.61. The summed E-state index contributed by atoms with van der Waals surface area (Å²) >= 11 is 1.34. The van der Waals surface area contributed by atoms with E-state index in [-0.39, 0.29) is 11.3 Å². The Bertz CT molecular complexity index is 922. The van der Waals surface area contributed by atoms with Crippen molar-refractivity contribution in [3.05, 3.63) is 64.1 Å². The van der Waals surface area contributed by atoms with Crippen molar-refractivity contribution in [2.75, 3.05) is 7.11 Å². The molecule has 0 bridgehead atoms. The summed E-state index contributed by atoms with van der Waals surface area (Å²) in [5.74, 6) is 0.545. The number of rotatable bonds is 3. The van der Waals surface area contributed by atoms with Crippen LogP contribution in [0.2, 0.25) is 0 Å². The van der Waals surface area contributed by atoms with Gasteiger partial charge in [0.05, 0.1) is 12.0 Å². The average Bonchev–Trinajstić information content (AvgIpc) is 2.94. The minimum Gasteiger partial charge on any atom is -0.494 e. The normalized spacial score (nSPS) is 17.4. The summed E-state index contributed by atoms with van der Waals surface area (Å²) in [4.78, 5) is 17.5. The van der Waals surface area contributed by atoms with Crippen LogP contribution in [-0.4, -0.2) is 18.2 Å². The smallest absolute Gasteiger partial charge is 0.264 e. The Balaban J connectivity index is 1.83. The highest BCUT2D eigenvalue weighted by Gasteiger charge is 2.24. The van der Waals surface area contributed by atoms with Crippen LogP contribution < -0.4 is 10.1 Å². The van der Waals surface area contributed by atoms with Crippen LogP contribution in [0.4, 0.5) is 5.69 Å². The molecule has 1 heterocycles. The van der Waals surface area contributed by atoms with Crippen molar-refractivity contribution in [2.45, 2.75) is 33.1 Å². The molecule has 0 saturated carbocycles. The quantitative estimate of drug-likeness (QED) is 0.745. The second-order valence-corrected chi connectivity index (χ2v) is 8.56. The molecule has 0 atom stereocenters. The Labute approximate surface area is 164 Å². The number of methoxy groups -OCH3 is 1.